The molecular formula is C14H17ClN4O2. The quantitative estimate of drug-likeness (QED) is 0.633. The average molecular weight is 309 g/mol. The number of nitrogens with zero attached hydrogens (tertiary/aromatic N) is 2. The molecule has 0 aliphatic carbocycles. The number of aromatic amines is 1. The summed E-state index contributed by atoms with van der Waals surface area (Å²) in [7, 11) is 0. The molecular weight excluding hydrogens is 292 g/mol. The van der Waals surface area contributed by atoms with Crippen molar-refractivity contribution in [3.8, 4) is 11.3 Å². The number of nitrogens with one attached hydrogen (secondary N) is 2. The van der Waals surface area contributed by atoms with E-state index in [4.69, 9.17) is 11.6 Å². The maximum Gasteiger partial charge on any atom is 0.288 e. The Morgan fingerprint density at radius 2 is 2.24 bits per heavy atom. The first-order valence-electron chi connectivity index (χ1n) is 6.66. The third-order valence-corrected chi connectivity index (χ3v) is 3.25. The van der Waals surface area contributed by atoms with Gasteiger partial charge in [-0.3, -0.25) is 10.1 Å². The molecule has 0 bridgehead atoms. The molecule has 7 heteroatoms. The smallest absolute Gasteiger partial charge is 0.288 e. The molecule has 0 saturated heterocycles. The fourth-order valence-electron chi connectivity index (χ4n) is 1.90. The van der Waals surface area contributed by atoms with Crippen molar-refractivity contribution in [2.45, 2.75) is 20.4 Å². The molecule has 0 amide bonds. The van der Waals surface area contributed by atoms with Crippen molar-refractivity contribution < 1.29 is 4.92 Å². The number of hydrogen-bond acceptors (Lipinski definition) is 4. The first kappa shape index (κ1) is 15.5. The Kier molecular flexibility index (Phi) is 4.93. The second-order valence-corrected chi connectivity index (χ2v) is 5.60. The van der Waals surface area contributed by atoms with Gasteiger partial charge in [-0.1, -0.05) is 31.5 Å². The molecule has 1 aromatic heterocycles. The van der Waals surface area contributed by atoms with Gasteiger partial charge < -0.3 is 10.3 Å². The van der Waals surface area contributed by atoms with Gasteiger partial charge in [-0.15, -0.1) is 0 Å². The minimum atomic E-state index is -0.493. The zero-order valence-electron chi connectivity index (χ0n) is 11.9. The van der Waals surface area contributed by atoms with Gasteiger partial charge in [-0.05, 0) is 18.5 Å². The fraction of sp³-hybridized carbons (Fsp3) is 0.357. The van der Waals surface area contributed by atoms with E-state index in [1.807, 2.05) is 0 Å². The molecule has 1 heterocycles. The van der Waals surface area contributed by atoms with E-state index in [9.17, 15) is 10.1 Å². The van der Waals surface area contributed by atoms with E-state index in [1.54, 1.807) is 12.3 Å². The van der Waals surface area contributed by atoms with E-state index < -0.39 is 4.92 Å². The molecule has 112 valence electrons. The predicted molar refractivity (Wildman–Crippen MR) is 82.2 cm³/mol. The molecule has 0 unspecified atom stereocenters. The highest BCUT2D eigenvalue weighted by atomic mass is 35.5. The molecule has 0 saturated carbocycles. The van der Waals surface area contributed by atoms with E-state index in [1.165, 1.54) is 12.1 Å². The topological polar surface area (TPSA) is 83.8 Å². The van der Waals surface area contributed by atoms with Gasteiger partial charge >= 0.3 is 0 Å². The molecule has 21 heavy (non-hydrogen) atoms. The highest BCUT2D eigenvalue weighted by Gasteiger charge is 2.14. The van der Waals surface area contributed by atoms with Crippen LogP contribution in [0.3, 0.4) is 0 Å². The van der Waals surface area contributed by atoms with Crippen LogP contribution in [-0.2, 0) is 6.54 Å². The number of benzene rings is 1. The lowest BCUT2D eigenvalue weighted by molar-refractivity contribution is -0.384. The lowest BCUT2D eigenvalue weighted by Gasteiger charge is -2.05. The van der Waals surface area contributed by atoms with E-state index >= 15 is 0 Å². The van der Waals surface area contributed by atoms with Crippen LogP contribution in [0.15, 0.2) is 24.4 Å². The van der Waals surface area contributed by atoms with Crippen LogP contribution in [0, 0.1) is 16.0 Å². The van der Waals surface area contributed by atoms with Crippen LogP contribution in [0.5, 0.6) is 0 Å². The summed E-state index contributed by atoms with van der Waals surface area (Å²) in [5.74, 6) is 1.36. The van der Waals surface area contributed by atoms with Crippen LogP contribution in [0.4, 0.5) is 5.69 Å². The molecule has 0 aliphatic rings. The molecule has 0 spiro atoms. The minimum Gasteiger partial charge on any atom is -0.341 e. The van der Waals surface area contributed by atoms with Crippen LogP contribution in [-0.4, -0.2) is 21.4 Å². The van der Waals surface area contributed by atoms with Gasteiger partial charge in [0.15, 0.2) is 0 Å². The Labute approximate surface area is 127 Å². The van der Waals surface area contributed by atoms with Crippen LogP contribution in [0.2, 0.25) is 5.02 Å². The van der Waals surface area contributed by atoms with Crippen molar-refractivity contribution in [2.75, 3.05) is 6.54 Å². The summed E-state index contributed by atoms with van der Waals surface area (Å²) in [6.45, 7) is 5.80. The Morgan fingerprint density at radius 3 is 2.90 bits per heavy atom. The van der Waals surface area contributed by atoms with Crippen molar-refractivity contribution in [2.24, 2.45) is 5.92 Å². The summed E-state index contributed by atoms with van der Waals surface area (Å²) < 4.78 is 0. The van der Waals surface area contributed by atoms with Gasteiger partial charge in [0.1, 0.15) is 10.8 Å². The second-order valence-electron chi connectivity index (χ2n) is 5.19. The molecule has 2 aromatic rings. The molecule has 1 aromatic carbocycles. The van der Waals surface area contributed by atoms with E-state index in [0.29, 0.717) is 18.0 Å². The largest absolute Gasteiger partial charge is 0.341 e. The van der Waals surface area contributed by atoms with Crippen LogP contribution < -0.4 is 5.32 Å². The molecule has 6 nitrogen and oxygen atoms in total. The van der Waals surface area contributed by atoms with Gasteiger partial charge in [-0.2, -0.15) is 0 Å². The SMILES string of the molecule is CC(C)CNCc1ncc(-c2ccc(Cl)c([N+](=O)[O-])c2)[nH]1. The lowest BCUT2D eigenvalue weighted by atomic mass is 10.1. The first-order valence-corrected chi connectivity index (χ1v) is 7.04. The third kappa shape index (κ3) is 4.03. The Balaban J connectivity index is 2.14. The molecule has 2 N–H and O–H groups in total. The summed E-state index contributed by atoms with van der Waals surface area (Å²) >= 11 is 5.80. The number of halogens is 1. The summed E-state index contributed by atoms with van der Waals surface area (Å²) in [4.78, 5) is 17.8. The molecule has 0 aliphatic heterocycles. The number of nitro benzene ring substituents is 1. The highest BCUT2D eigenvalue weighted by Crippen LogP contribution is 2.29. The van der Waals surface area contributed by atoms with E-state index in [0.717, 1.165) is 18.1 Å². The fourth-order valence-corrected chi connectivity index (χ4v) is 2.08. The molecule has 2 rings (SSSR count). The van der Waals surface area contributed by atoms with Crippen LogP contribution in [0.25, 0.3) is 11.3 Å². The van der Waals surface area contributed by atoms with Crippen LogP contribution >= 0.6 is 11.6 Å². The minimum absolute atomic E-state index is 0.108. The number of aromatic nitrogens is 2. The number of H-pyrrole nitrogens is 1. The van der Waals surface area contributed by atoms with E-state index in [-0.39, 0.29) is 10.7 Å². The Morgan fingerprint density at radius 1 is 1.48 bits per heavy atom. The molecule has 0 fully saturated rings. The van der Waals surface area contributed by atoms with Gasteiger partial charge in [0.2, 0.25) is 0 Å². The monoisotopic (exact) mass is 308 g/mol. The Hall–Kier alpha value is -1.92. The van der Waals surface area contributed by atoms with Gasteiger partial charge in [0, 0.05) is 11.6 Å². The number of nitro groups is 1. The van der Waals surface area contributed by atoms with Crippen molar-refractivity contribution in [1.82, 2.24) is 15.3 Å². The zero-order valence-corrected chi connectivity index (χ0v) is 12.6. The van der Waals surface area contributed by atoms with Gasteiger partial charge in [0.25, 0.3) is 5.69 Å². The van der Waals surface area contributed by atoms with E-state index in [2.05, 4.69) is 29.1 Å². The van der Waals surface area contributed by atoms with Gasteiger partial charge in [-0.25, -0.2) is 4.98 Å². The number of hydrogen-bond donors (Lipinski definition) is 2. The van der Waals surface area contributed by atoms with Crippen molar-refractivity contribution in [1.29, 1.82) is 0 Å². The summed E-state index contributed by atoms with van der Waals surface area (Å²) in [6.07, 6.45) is 1.67. The summed E-state index contributed by atoms with van der Waals surface area (Å²) in [5.41, 5.74) is 1.31. The first-order chi connectivity index (χ1) is 9.97. The van der Waals surface area contributed by atoms with Gasteiger partial charge in [0.05, 0.1) is 23.4 Å². The predicted octanol–water partition coefficient (Wildman–Crippen LogP) is 3.38. The summed E-state index contributed by atoms with van der Waals surface area (Å²) in [5, 5.41) is 14.3. The third-order valence-electron chi connectivity index (χ3n) is 2.93. The second kappa shape index (κ2) is 6.69. The highest BCUT2D eigenvalue weighted by molar-refractivity contribution is 6.32. The molecule has 0 atom stereocenters. The maximum atomic E-state index is 10.9. The van der Waals surface area contributed by atoms with Crippen LogP contribution in [0.1, 0.15) is 19.7 Å². The number of imidazole rings is 1. The van der Waals surface area contributed by atoms with Crippen molar-refractivity contribution in [3.05, 3.63) is 45.4 Å². The lowest BCUT2D eigenvalue weighted by Crippen LogP contribution is -2.19. The van der Waals surface area contributed by atoms with Crippen molar-refractivity contribution in [3.63, 3.8) is 0 Å². The van der Waals surface area contributed by atoms with Crippen molar-refractivity contribution >= 4 is 17.3 Å². The maximum absolute atomic E-state index is 10.9. The zero-order chi connectivity index (χ0) is 15.4. The normalized spacial score (nSPS) is 11.0. The standard InChI is InChI=1S/C14H17ClN4O2/c1-9(2)6-16-8-14-17-7-12(18-14)10-3-4-11(15)13(5-10)19(20)21/h3-5,7,9,16H,6,8H2,1-2H3,(H,17,18). The number of rotatable bonds is 6. The molecule has 0 radical (unpaired) electrons. The Bertz CT molecular complexity index is 640. The average Bonchev–Trinajstić information content (AvgIpc) is 2.87. The summed E-state index contributed by atoms with van der Waals surface area (Å²) in [6, 6.07) is 4.70.